The van der Waals surface area contributed by atoms with Gasteiger partial charge in [0, 0.05) is 47.5 Å². The van der Waals surface area contributed by atoms with E-state index in [1.54, 1.807) is 0 Å². The Kier molecular flexibility index (Phi) is 5.01. The van der Waals surface area contributed by atoms with Crippen LogP contribution in [-0.2, 0) is 0 Å². The number of anilines is 4. The average molecular weight is 418 g/mol. The maximum Gasteiger partial charge on any atom is 0.211 e. The summed E-state index contributed by atoms with van der Waals surface area (Å²) in [5.74, 6) is 0. The average Bonchev–Trinajstić information content (AvgIpc) is 3.21. The fourth-order valence-electron chi connectivity index (χ4n) is 4.06. The topological polar surface area (TPSA) is 24.0 Å². The van der Waals surface area contributed by atoms with Crippen molar-refractivity contribution >= 4 is 50.4 Å². The van der Waals surface area contributed by atoms with Gasteiger partial charge in [0.25, 0.3) is 0 Å². The van der Waals surface area contributed by atoms with Crippen LogP contribution in [0.5, 0.6) is 0 Å². The Morgan fingerprint density at radius 2 is 1.38 bits per heavy atom. The second-order valence-corrected chi connectivity index (χ2v) is 7.75. The standard InChI is InChI=1S/C28H23N3O/c1-4-30(3)22-15-16-23-24-18-25(29-2)26(19-28(24)32-27(23)17-22)31(20-11-7-5-8-12-20)21-13-9-6-10-14-21/h5-19H,4H2,1,3H3. The normalized spacial score (nSPS) is 10.9. The molecule has 0 saturated carbocycles. The maximum atomic E-state index is 7.92. The fraction of sp³-hybridized carbons (Fsp3) is 0.107. The van der Waals surface area contributed by atoms with E-state index in [0.29, 0.717) is 5.69 Å². The molecule has 4 nitrogen and oxygen atoms in total. The zero-order valence-electron chi connectivity index (χ0n) is 18.1. The van der Waals surface area contributed by atoms with Gasteiger partial charge in [0.2, 0.25) is 5.69 Å². The van der Waals surface area contributed by atoms with Crippen molar-refractivity contribution < 1.29 is 4.42 Å². The van der Waals surface area contributed by atoms with Crippen LogP contribution >= 0.6 is 0 Å². The van der Waals surface area contributed by atoms with Crippen LogP contribution in [0.25, 0.3) is 26.8 Å². The number of para-hydroxylation sites is 2. The highest BCUT2D eigenvalue weighted by atomic mass is 16.3. The molecule has 1 heterocycles. The van der Waals surface area contributed by atoms with Gasteiger partial charge in [0.15, 0.2) is 0 Å². The minimum atomic E-state index is 0.586. The van der Waals surface area contributed by atoms with E-state index in [1.807, 2.05) is 48.5 Å². The van der Waals surface area contributed by atoms with E-state index in [-0.39, 0.29) is 0 Å². The van der Waals surface area contributed by atoms with Gasteiger partial charge in [-0.2, -0.15) is 0 Å². The van der Waals surface area contributed by atoms with Crippen LogP contribution in [0.3, 0.4) is 0 Å². The third kappa shape index (κ3) is 3.34. The van der Waals surface area contributed by atoms with Crippen LogP contribution in [0.1, 0.15) is 6.92 Å². The van der Waals surface area contributed by atoms with Gasteiger partial charge in [-0.25, -0.2) is 4.85 Å². The molecule has 156 valence electrons. The van der Waals surface area contributed by atoms with Crippen molar-refractivity contribution in [2.75, 3.05) is 23.4 Å². The first-order chi connectivity index (χ1) is 15.7. The van der Waals surface area contributed by atoms with Crippen molar-refractivity contribution in [2.45, 2.75) is 6.92 Å². The summed E-state index contributed by atoms with van der Waals surface area (Å²) in [4.78, 5) is 8.18. The molecule has 0 saturated heterocycles. The highest BCUT2D eigenvalue weighted by Crippen LogP contribution is 2.44. The number of fused-ring (bicyclic) bond motifs is 3. The van der Waals surface area contributed by atoms with Gasteiger partial charge < -0.3 is 14.2 Å². The number of nitrogens with zero attached hydrogens (tertiary/aromatic N) is 3. The number of hydrogen-bond acceptors (Lipinski definition) is 3. The summed E-state index contributed by atoms with van der Waals surface area (Å²) < 4.78 is 6.29. The summed E-state index contributed by atoms with van der Waals surface area (Å²) in [6.45, 7) is 11.0. The summed E-state index contributed by atoms with van der Waals surface area (Å²) in [5, 5.41) is 1.98. The number of hydrogen-bond donors (Lipinski definition) is 0. The molecule has 0 spiro atoms. The lowest BCUT2D eigenvalue weighted by atomic mass is 10.1. The van der Waals surface area contributed by atoms with Gasteiger partial charge in [0.05, 0.1) is 12.3 Å². The molecule has 0 bridgehead atoms. The zero-order chi connectivity index (χ0) is 22.1. The lowest BCUT2D eigenvalue weighted by Gasteiger charge is -2.26. The zero-order valence-corrected chi connectivity index (χ0v) is 18.1. The Bertz CT molecular complexity index is 1390. The Labute approximate surface area is 187 Å². The molecule has 0 fully saturated rings. The minimum absolute atomic E-state index is 0.586. The molecule has 0 amide bonds. The quantitative estimate of drug-likeness (QED) is 0.270. The summed E-state index contributed by atoms with van der Waals surface area (Å²) in [6.07, 6.45) is 0. The molecule has 4 aromatic carbocycles. The van der Waals surface area contributed by atoms with Gasteiger partial charge in [-0.05, 0) is 55.5 Å². The predicted octanol–water partition coefficient (Wildman–Crippen LogP) is 8.06. The Hall–Kier alpha value is -4.23. The van der Waals surface area contributed by atoms with Gasteiger partial charge in [0.1, 0.15) is 11.2 Å². The van der Waals surface area contributed by atoms with Crippen LogP contribution < -0.4 is 9.80 Å². The summed E-state index contributed by atoms with van der Waals surface area (Å²) >= 11 is 0. The molecule has 0 N–H and O–H groups in total. The maximum absolute atomic E-state index is 7.92. The van der Waals surface area contributed by atoms with Crippen molar-refractivity contribution in [1.29, 1.82) is 0 Å². The molecule has 0 unspecified atom stereocenters. The van der Waals surface area contributed by atoms with E-state index in [9.17, 15) is 0 Å². The predicted molar refractivity (Wildman–Crippen MR) is 134 cm³/mol. The highest BCUT2D eigenvalue weighted by Gasteiger charge is 2.19. The third-order valence-electron chi connectivity index (χ3n) is 5.86. The van der Waals surface area contributed by atoms with Crippen LogP contribution in [0.2, 0.25) is 0 Å². The van der Waals surface area contributed by atoms with Crippen molar-refractivity contribution in [3.63, 3.8) is 0 Å². The molecule has 32 heavy (non-hydrogen) atoms. The van der Waals surface area contributed by atoms with E-state index < -0.39 is 0 Å². The molecule has 1 aromatic heterocycles. The molecule has 4 heteroatoms. The minimum Gasteiger partial charge on any atom is -0.456 e. The van der Waals surface area contributed by atoms with Gasteiger partial charge in [-0.3, -0.25) is 0 Å². The summed E-state index contributed by atoms with van der Waals surface area (Å²) in [5.41, 5.74) is 6.08. The summed E-state index contributed by atoms with van der Waals surface area (Å²) in [7, 11) is 2.07. The van der Waals surface area contributed by atoms with Crippen molar-refractivity contribution in [1.82, 2.24) is 0 Å². The number of rotatable bonds is 5. The Morgan fingerprint density at radius 1 is 0.750 bits per heavy atom. The van der Waals surface area contributed by atoms with E-state index >= 15 is 0 Å². The molecule has 0 aliphatic carbocycles. The van der Waals surface area contributed by atoms with Gasteiger partial charge in [-0.15, -0.1) is 0 Å². The lowest BCUT2D eigenvalue weighted by molar-refractivity contribution is 0.669. The molecule has 0 atom stereocenters. The SMILES string of the molecule is [C-]#[N+]c1cc2c(cc1N(c1ccccc1)c1ccccc1)oc1cc(N(C)CC)ccc12. The molecule has 5 aromatic rings. The molecule has 0 aliphatic rings. The lowest BCUT2D eigenvalue weighted by Crippen LogP contribution is -2.15. The van der Waals surface area contributed by atoms with E-state index in [4.69, 9.17) is 11.0 Å². The van der Waals surface area contributed by atoms with Gasteiger partial charge in [-0.1, -0.05) is 36.4 Å². The van der Waals surface area contributed by atoms with Crippen LogP contribution in [0.15, 0.2) is 95.4 Å². The highest BCUT2D eigenvalue weighted by molar-refractivity contribution is 6.09. The van der Waals surface area contributed by atoms with E-state index in [2.05, 4.69) is 71.1 Å². The van der Waals surface area contributed by atoms with Crippen molar-refractivity contribution in [3.05, 3.63) is 102 Å². The molecular formula is C28H23N3O. The van der Waals surface area contributed by atoms with Crippen molar-refractivity contribution in [2.24, 2.45) is 0 Å². The summed E-state index contributed by atoms with van der Waals surface area (Å²) in [6, 6.07) is 30.4. The fourth-order valence-corrected chi connectivity index (χ4v) is 4.06. The molecule has 5 rings (SSSR count). The monoisotopic (exact) mass is 417 g/mol. The first kappa shape index (κ1) is 19.7. The van der Waals surface area contributed by atoms with Crippen LogP contribution in [0, 0.1) is 6.57 Å². The van der Waals surface area contributed by atoms with Gasteiger partial charge >= 0.3 is 0 Å². The Balaban J connectivity index is 1.75. The van der Waals surface area contributed by atoms with E-state index in [1.165, 1.54) is 0 Å². The Morgan fingerprint density at radius 3 is 1.97 bits per heavy atom. The third-order valence-corrected chi connectivity index (χ3v) is 5.86. The molecule has 0 radical (unpaired) electrons. The van der Waals surface area contributed by atoms with E-state index in [0.717, 1.165) is 51.2 Å². The number of benzene rings is 4. The second kappa shape index (κ2) is 8.13. The van der Waals surface area contributed by atoms with Crippen LogP contribution in [-0.4, -0.2) is 13.6 Å². The first-order valence-corrected chi connectivity index (χ1v) is 10.7. The molecular weight excluding hydrogens is 394 g/mol. The molecule has 0 aliphatic heterocycles. The largest absolute Gasteiger partial charge is 0.456 e. The number of furan rings is 1. The first-order valence-electron chi connectivity index (χ1n) is 10.7. The van der Waals surface area contributed by atoms with Crippen molar-refractivity contribution in [3.8, 4) is 0 Å². The smallest absolute Gasteiger partial charge is 0.211 e. The second-order valence-electron chi connectivity index (χ2n) is 7.75. The van der Waals surface area contributed by atoms with Crippen LogP contribution in [0.4, 0.5) is 28.4 Å².